The van der Waals surface area contributed by atoms with Crippen molar-refractivity contribution in [1.82, 2.24) is 15.0 Å². The van der Waals surface area contributed by atoms with Crippen LogP contribution in [0.5, 0.6) is 0 Å². The number of ketones is 1. The number of nitrogens with zero attached hydrogens (tertiary/aromatic N) is 3. The van der Waals surface area contributed by atoms with Gasteiger partial charge in [-0.3, -0.25) is 4.79 Å². The molecule has 2 N–H and O–H groups in total. The van der Waals surface area contributed by atoms with Gasteiger partial charge in [0.15, 0.2) is 15.6 Å². The van der Waals surface area contributed by atoms with Crippen molar-refractivity contribution >= 4 is 38.8 Å². The van der Waals surface area contributed by atoms with Crippen LogP contribution in [0.2, 0.25) is 0 Å². The van der Waals surface area contributed by atoms with E-state index in [9.17, 15) is 17.6 Å². The van der Waals surface area contributed by atoms with Gasteiger partial charge in [0.2, 0.25) is 5.95 Å². The summed E-state index contributed by atoms with van der Waals surface area (Å²) in [4.78, 5) is 25.3. The van der Waals surface area contributed by atoms with Crippen LogP contribution < -0.4 is 10.6 Å². The first-order valence-corrected chi connectivity index (χ1v) is 12.7. The molecule has 0 atom stereocenters. The maximum Gasteiger partial charge on any atom is 0.218 e. The second-order valence-electron chi connectivity index (χ2n) is 9.41. The van der Waals surface area contributed by atoms with Crippen LogP contribution in [0.3, 0.4) is 0 Å². The highest BCUT2D eigenvalue weighted by Gasteiger charge is 2.32. The highest BCUT2D eigenvalue weighted by molar-refractivity contribution is 7.90. The topological polar surface area (TPSA) is 114 Å². The Labute approximate surface area is 198 Å². The van der Waals surface area contributed by atoms with Crippen molar-refractivity contribution in [2.75, 3.05) is 16.9 Å². The Hall–Kier alpha value is -3.40. The largest absolute Gasteiger partial charge is 0.338 e. The zero-order valence-electron chi connectivity index (χ0n) is 19.4. The smallest absolute Gasteiger partial charge is 0.218 e. The van der Waals surface area contributed by atoms with Crippen LogP contribution in [-0.4, -0.2) is 35.4 Å². The molecule has 3 aromatic rings. The Bertz CT molecular complexity index is 1370. The van der Waals surface area contributed by atoms with Crippen molar-refractivity contribution in [3.05, 3.63) is 59.8 Å². The minimum absolute atomic E-state index is 0.00708. The fourth-order valence-electron chi connectivity index (χ4n) is 3.49. The summed E-state index contributed by atoms with van der Waals surface area (Å²) in [6, 6.07) is 7.85. The lowest BCUT2D eigenvalue weighted by Crippen LogP contribution is -2.15. The third-order valence-electron chi connectivity index (χ3n) is 5.45. The van der Waals surface area contributed by atoms with Gasteiger partial charge in [-0.05, 0) is 36.5 Å². The van der Waals surface area contributed by atoms with Gasteiger partial charge in [-0.1, -0.05) is 26.8 Å². The van der Waals surface area contributed by atoms with Crippen molar-refractivity contribution in [2.45, 2.75) is 43.9 Å². The van der Waals surface area contributed by atoms with E-state index >= 15 is 0 Å². The summed E-state index contributed by atoms with van der Waals surface area (Å²) in [6.07, 6.45) is 5.59. The maximum atomic E-state index is 14.5. The standard InChI is InChI=1S/C24H26FN5O3S/c1-24(2,3)16-9-10-19(30-22(16)25)29-20-12-17(15(13-27-20)21(31)14-7-8-14)28-23-18(34(4,32)33)6-5-11-26-23/h5-6,9-14H,7-8H2,1-4H3,(H2,26,27,28,29,30). The lowest BCUT2D eigenvalue weighted by molar-refractivity contribution is 0.0968. The van der Waals surface area contributed by atoms with Gasteiger partial charge in [-0.25, -0.2) is 23.4 Å². The summed E-state index contributed by atoms with van der Waals surface area (Å²) in [5, 5.41) is 5.95. The molecular formula is C24H26FN5O3S. The van der Waals surface area contributed by atoms with E-state index in [1.165, 1.54) is 24.5 Å². The van der Waals surface area contributed by atoms with Crippen LogP contribution in [0.4, 0.5) is 27.5 Å². The number of rotatable bonds is 7. The monoisotopic (exact) mass is 483 g/mol. The second kappa shape index (κ2) is 8.75. The van der Waals surface area contributed by atoms with Gasteiger partial charge in [0.05, 0.1) is 11.3 Å². The van der Waals surface area contributed by atoms with Crippen molar-refractivity contribution in [2.24, 2.45) is 5.92 Å². The summed E-state index contributed by atoms with van der Waals surface area (Å²) in [5.74, 6) is -0.0626. The van der Waals surface area contributed by atoms with E-state index in [1.807, 2.05) is 20.8 Å². The highest BCUT2D eigenvalue weighted by Crippen LogP contribution is 2.36. The zero-order valence-corrected chi connectivity index (χ0v) is 20.2. The summed E-state index contributed by atoms with van der Waals surface area (Å²) >= 11 is 0. The number of aromatic nitrogens is 3. The fraction of sp³-hybridized carbons (Fsp3) is 0.333. The molecule has 8 nitrogen and oxygen atoms in total. The highest BCUT2D eigenvalue weighted by atomic mass is 32.2. The molecule has 0 aromatic carbocycles. The summed E-state index contributed by atoms with van der Waals surface area (Å²) in [5.41, 5.74) is 0.780. The lowest BCUT2D eigenvalue weighted by Gasteiger charge is -2.19. The predicted molar refractivity (Wildman–Crippen MR) is 128 cm³/mol. The molecule has 4 rings (SSSR count). The summed E-state index contributed by atoms with van der Waals surface area (Å²) < 4.78 is 39.0. The average Bonchev–Trinajstić information content (AvgIpc) is 3.58. The molecule has 0 saturated heterocycles. The van der Waals surface area contributed by atoms with Crippen LogP contribution in [0.1, 0.15) is 49.5 Å². The normalized spacial score (nSPS) is 14.0. The van der Waals surface area contributed by atoms with Gasteiger partial charge in [0, 0.05) is 36.2 Å². The molecule has 0 unspecified atom stereocenters. The van der Waals surface area contributed by atoms with Gasteiger partial charge in [-0.2, -0.15) is 4.39 Å². The molecule has 1 saturated carbocycles. The van der Waals surface area contributed by atoms with Gasteiger partial charge >= 0.3 is 0 Å². The Kier molecular flexibility index (Phi) is 6.11. The Morgan fingerprint density at radius 2 is 1.82 bits per heavy atom. The molecule has 0 amide bonds. The van der Waals surface area contributed by atoms with Crippen LogP contribution in [0.25, 0.3) is 0 Å². The Balaban J connectivity index is 1.70. The second-order valence-corrected chi connectivity index (χ2v) is 11.4. The number of nitrogens with one attached hydrogen (secondary N) is 2. The molecule has 3 heterocycles. The van der Waals surface area contributed by atoms with Crippen molar-refractivity contribution < 1.29 is 17.6 Å². The van der Waals surface area contributed by atoms with E-state index in [0.29, 0.717) is 22.6 Å². The molecule has 0 bridgehead atoms. The number of sulfone groups is 1. The van der Waals surface area contributed by atoms with E-state index in [0.717, 1.165) is 19.1 Å². The maximum absolute atomic E-state index is 14.5. The zero-order chi connectivity index (χ0) is 24.7. The number of hydrogen-bond acceptors (Lipinski definition) is 8. The molecule has 1 fully saturated rings. The van der Waals surface area contributed by atoms with E-state index in [-0.39, 0.29) is 28.2 Å². The van der Waals surface area contributed by atoms with Crippen LogP contribution in [-0.2, 0) is 15.3 Å². The molecule has 1 aliphatic carbocycles. The Morgan fingerprint density at radius 3 is 2.44 bits per heavy atom. The van der Waals surface area contributed by atoms with Crippen molar-refractivity contribution in [1.29, 1.82) is 0 Å². The first-order chi connectivity index (χ1) is 15.9. The Morgan fingerprint density at radius 1 is 1.09 bits per heavy atom. The van der Waals surface area contributed by atoms with Gasteiger partial charge in [0.25, 0.3) is 0 Å². The number of carbonyl (C=O) groups is 1. The number of carbonyl (C=O) groups excluding carboxylic acids is 1. The van der Waals surface area contributed by atoms with Crippen molar-refractivity contribution in [3.63, 3.8) is 0 Å². The number of anilines is 4. The summed E-state index contributed by atoms with van der Waals surface area (Å²) in [7, 11) is -3.56. The number of hydrogen-bond donors (Lipinski definition) is 2. The third-order valence-corrected chi connectivity index (χ3v) is 6.58. The number of pyridine rings is 3. The minimum Gasteiger partial charge on any atom is -0.338 e. The van der Waals surface area contributed by atoms with E-state index < -0.39 is 21.2 Å². The molecule has 10 heteroatoms. The predicted octanol–water partition coefficient (Wildman–Crippen LogP) is 4.79. The van der Waals surface area contributed by atoms with E-state index in [2.05, 4.69) is 25.6 Å². The molecule has 0 radical (unpaired) electrons. The molecule has 178 valence electrons. The molecule has 34 heavy (non-hydrogen) atoms. The minimum atomic E-state index is -3.56. The lowest BCUT2D eigenvalue weighted by atomic mass is 9.88. The van der Waals surface area contributed by atoms with Gasteiger partial charge < -0.3 is 10.6 Å². The first kappa shape index (κ1) is 23.7. The van der Waals surface area contributed by atoms with Crippen LogP contribution >= 0.6 is 0 Å². The number of halogens is 1. The fourth-order valence-corrected chi connectivity index (χ4v) is 4.28. The van der Waals surface area contributed by atoms with Crippen LogP contribution in [0, 0.1) is 11.9 Å². The molecule has 1 aliphatic rings. The van der Waals surface area contributed by atoms with Crippen LogP contribution in [0.15, 0.2) is 47.6 Å². The van der Waals surface area contributed by atoms with Crippen molar-refractivity contribution in [3.8, 4) is 0 Å². The summed E-state index contributed by atoms with van der Waals surface area (Å²) in [6.45, 7) is 5.70. The van der Waals surface area contributed by atoms with E-state index in [1.54, 1.807) is 18.2 Å². The SMILES string of the molecule is CC(C)(C)c1ccc(Nc2cc(Nc3ncccc3S(C)(=O)=O)c(C(=O)C3CC3)cn2)nc1F. The molecule has 0 spiro atoms. The number of Topliss-reactive ketones (excluding diaryl/α,β-unsaturated/α-hetero) is 1. The average molecular weight is 484 g/mol. The quantitative estimate of drug-likeness (QED) is 0.364. The molecular weight excluding hydrogens is 457 g/mol. The van der Waals surface area contributed by atoms with Gasteiger partial charge in [-0.15, -0.1) is 0 Å². The first-order valence-electron chi connectivity index (χ1n) is 10.8. The molecule has 0 aliphatic heterocycles. The van der Waals surface area contributed by atoms with E-state index in [4.69, 9.17) is 0 Å². The van der Waals surface area contributed by atoms with Gasteiger partial charge in [0.1, 0.15) is 22.3 Å². The molecule has 3 aromatic heterocycles. The third kappa shape index (κ3) is 5.22.